The molecule has 16 heavy (non-hydrogen) atoms. The van der Waals surface area contributed by atoms with Crippen molar-refractivity contribution in [3.8, 4) is 0 Å². The molecule has 0 bridgehead atoms. The number of hydrogen-bond acceptors (Lipinski definition) is 0. The Morgan fingerprint density at radius 3 is 2.06 bits per heavy atom. The van der Waals surface area contributed by atoms with Gasteiger partial charge in [0.25, 0.3) is 0 Å². The highest BCUT2D eigenvalue weighted by Gasteiger charge is 2.03. The minimum Gasteiger partial charge on any atom is -0.201 e. The predicted molar refractivity (Wildman–Crippen MR) is 72.6 cm³/mol. The first-order chi connectivity index (χ1) is 7.79. The lowest BCUT2D eigenvalue weighted by Gasteiger charge is -1.98. The van der Waals surface area contributed by atoms with E-state index in [1.165, 1.54) is 16.5 Å². The minimum absolute atomic E-state index is 1.29. The average Bonchev–Trinajstić information content (AvgIpc) is 2.36. The lowest BCUT2D eigenvalue weighted by Crippen LogP contribution is -2.27. The number of fused-ring (bicyclic) bond motifs is 1. The molecule has 0 saturated heterocycles. The van der Waals surface area contributed by atoms with Crippen LogP contribution in [0.25, 0.3) is 10.9 Å². The third kappa shape index (κ3) is 3.34. The summed E-state index contributed by atoms with van der Waals surface area (Å²) in [4.78, 5) is 0. The summed E-state index contributed by atoms with van der Waals surface area (Å²) < 4.78 is 2.14. The van der Waals surface area contributed by atoms with Gasteiger partial charge in [-0.1, -0.05) is 39.8 Å². The molecule has 88 valence electrons. The quantitative estimate of drug-likeness (QED) is 0.588. The number of pyridine rings is 1. The Hall–Kier alpha value is -1.37. The van der Waals surface area contributed by atoms with Gasteiger partial charge in [0.05, 0.1) is 0 Å². The van der Waals surface area contributed by atoms with E-state index in [-0.39, 0.29) is 0 Å². The Morgan fingerprint density at radius 1 is 0.875 bits per heavy atom. The van der Waals surface area contributed by atoms with Crippen LogP contribution in [0.3, 0.4) is 0 Å². The molecule has 1 nitrogen and oxygen atoms in total. The van der Waals surface area contributed by atoms with Gasteiger partial charge in [-0.3, -0.25) is 0 Å². The van der Waals surface area contributed by atoms with Crippen LogP contribution in [-0.4, -0.2) is 0 Å². The summed E-state index contributed by atoms with van der Waals surface area (Å²) in [7, 11) is 2.07. The van der Waals surface area contributed by atoms with Crippen LogP contribution in [0.1, 0.15) is 33.3 Å². The van der Waals surface area contributed by atoms with Gasteiger partial charge >= 0.3 is 0 Å². The normalized spacial score (nSPS) is 8.62. The fraction of sp³-hybridized carbons (Fsp3) is 0.400. The van der Waals surface area contributed by atoms with Gasteiger partial charge in [0.1, 0.15) is 7.05 Å². The van der Waals surface area contributed by atoms with Crippen LogP contribution in [0.4, 0.5) is 0 Å². The van der Waals surface area contributed by atoms with E-state index in [9.17, 15) is 0 Å². The molecule has 0 N–H and O–H groups in total. The third-order valence-corrected chi connectivity index (χ3v) is 2.25. The van der Waals surface area contributed by atoms with Gasteiger partial charge < -0.3 is 0 Å². The van der Waals surface area contributed by atoms with Gasteiger partial charge in [0.2, 0.25) is 5.52 Å². The summed E-state index contributed by atoms with van der Waals surface area (Å²) in [5, 5.41) is 1.34. The molecule has 1 aromatic heterocycles. The SMILES string of the molecule is CC.CC.Cc1cccc2c1ccc[n+]2C. The van der Waals surface area contributed by atoms with E-state index >= 15 is 0 Å². The van der Waals surface area contributed by atoms with Gasteiger partial charge in [0, 0.05) is 17.5 Å². The van der Waals surface area contributed by atoms with Gasteiger partial charge in [0.15, 0.2) is 6.20 Å². The fourth-order valence-electron chi connectivity index (χ4n) is 1.54. The third-order valence-electron chi connectivity index (χ3n) is 2.25. The van der Waals surface area contributed by atoms with Crippen molar-refractivity contribution in [2.75, 3.05) is 0 Å². The molecule has 2 rings (SSSR count). The van der Waals surface area contributed by atoms with E-state index in [4.69, 9.17) is 0 Å². The molecule has 0 aliphatic heterocycles. The number of rotatable bonds is 0. The van der Waals surface area contributed by atoms with Gasteiger partial charge in [-0.05, 0) is 18.6 Å². The standard InChI is InChI=1S/C11H12N.2C2H6/c1-9-5-3-7-11-10(9)6-4-8-12(11)2;2*1-2/h3-8H,1-2H3;2*1-2H3/q+1;;. The minimum atomic E-state index is 1.29. The predicted octanol–water partition coefficient (Wildman–Crippen LogP) is 4.03. The molecule has 0 fully saturated rings. The van der Waals surface area contributed by atoms with Crippen molar-refractivity contribution in [1.29, 1.82) is 0 Å². The first kappa shape index (κ1) is 14.6. The first-order valence-corrected chi connectivity index (χ1v) is 6.13. The summed E-state index contributed by atoms with van der Waals surface area (Å²) in [6.07, 6.45) is 2.07. The molecule has 2 aromatic rings. The Balaban J connectivity index is 0.000000509. The molecule has 1 heterocycles. The topological polar surface area (TPSA) is 3.88 Å². The summed E-state index contributed by atoms with van der Waals surface area (Å²) in [5.74, 6) is 0. The van der Waals surface area contributed by atoms with Gasteiger partial charge in [-0.25, -0.2) is 4.57 Å². The van der Waals surface area contributed by atoms with Crippen LogP contribution in [0.5, 0.6) is 0 Å². The smallest absolute Gasteiger partial charge is 0.201 e. The number of hydrogen-bond donors (Lipinski definition) is 0. The van der Waals surface area contributed by atoms with Crippen LogP contribution in [0.2, 0.25) is 0 Å². The maximum Gasteiger partial charge on any atom is 0.212 e. The Labute approximate surface area is 99.7 Å². The molecule has 1 aromatic carbocycles. The highest BCUT2D eigenvalue weighted by Crippen LogP contribution is 2.13. The van der Waals surface area contributed by atoms with Crippen molar-refractivity contribution in [1.82, 2.24) is 0 Å². The zero-order valence-electron chi connectivity index (χ0n) is 11.4. The fourth-order valence-corrected chi connectivity index (χ4v) is 1.54. The lowest BCUT2D eigenvalue weighted by molar-refractivity contribution is -0.644. The molecule has 0 aliphatic rings. The van der Waals surface area contributed by atoms with Crippen molar-refractivity contribution in [3.63, 3.8) is 0 Å². The molecule has 0 unspecified atom stereocenters. The Morgan fingerprint density at radius 2 is 1.50 bits per heavy atom. The Kier molecular flexibility index (Phi) is 7.19. The summed E-state index contributed by atoms with van der Waals surface area (Å²) in [6, 6.07) is 10.6. The first-order valence-electron chi connectivity index (χ1n) is 6.13. The molecule has 0 aliphatic carbocycles. The second kappa shape index (κ2) is 7.86. The molecule has 0 spiro atoms. The van der Waals surface area contributed by atoms with E-state index in [2.05, 4.69) is 55.1 Å². The van der Waals surface area contributed by atoms with E-state index in [1.54, 1.807) is 0 Å². The van der Waals surface area contributed by atoms with E-state index in [0.29, 0.717) is 0 Å². The number of aryl methyl sites for hydroxylation is 2. The van der Waals surface area contributed by atoms with Crippen molar-refractivity contribution in [2.45, 2.75) is 34.6 Å². The zero-order chi connectivity index (χ0) is 12.6. The highest BCUT2D eigenvalue weighted by molar-refractivity contribution is 5.78. The summed E-state index contributed by atoms with van der Waals surface area (Å²) in [6.45, 7) is 10.1. The Bertz CT molecular complexity index is 377. The van der Waals surface area contributed by atoms with Crippen LogP contribution in [0, 0.1) is 6.92 Å². The summed E-state index contributed by atoms with van der Waals surface area (Å²) in [5.41, 5.74) is 2.63. The lowest BCUT2D eigenvalue weighted by atomic mass is 10.1. The van der Waals surface area contributed by atoms with Crippen molar-refractivity contribution >= 4 is 10.9 Å². The zero-order valence-corrected chi connectivity index (χ0v) is 11.4. The highest BCUT2D eigenvalue weighted by atomic mass is 14.9. The van der Waals surface area contributed by atoms with E-state index < -0.39 is 0 Å². The van der Waals surface area contributed by atoms with E-state index in [1.807, 2.05) is 27.7 Å². The second-order valence-electron chi connectivity index (χ2n) is 3.13. The van der Waals surface area contributed by atoms with Gasteiger partial charge in [-0.15, -0.1) is 0 Å². The van der Waals surface area contributed by atoms with Crippen LogP contribution >= 0.6 is 0 Å². The molecule has 0 atom stereocenters. The molecule has 0 saturated carbocycles. The van der Waals surface area contributed by atoms with Crippen molar-refractivity contribution < 1.29 is 4.57 Å². The van der Waals surface area contributed by atoms with Crippen LogP contribution < -0.4 is 4.57 Å². The second-order valence-corrected chi connectivity index (χ2v) is 3.13. The molecule has 0 radical (unpaired) electrons. The monoisotopic (exact) mass is 218 g/mol. The molecular formula is C15H24N+. The van der Waals surface area contributed by atoms with Crippen molar-refractivity contribution in [3.05, 3.63) is 42.1 Å². The van der Waals surface area contributed by atoms with Crippen molar-refractivity contribution in [2.24, 2.45) is 7.05 Å². The molecular weight excluding hydrogens is 194 g/mol. The maximum atomic E-state index is 2.16. The summed E-state index contributed by atoms with van der Waals surface area (Å²) >= 11 is 0. The van der Waals surface area contributed by atoms with E-state index in [0.717, 1.165) is 0 Å². The van der Waals surface area contributed by atoms with Gasteiger partial charge in [-0.2, -0.15) is 0 Å². The molecule has 0 amide bonds. The molecule has 1 heteroatoms. The average molecular weight is 218 g/mol. The largest absolute Gasteiger partial charge is 0.212 e. The van der Waals surface area contributed by atoms with Crippen LogP contribution in [0.15, 0.2) is 36.5 Å². The van der Waals surface area contributed by atoms with Crippen LogP contribution in [-0.2, 0) is 7.05 Å². The number of benzene rings is 1. The number of aromatic nitrogens is 1. The number of nitrogens with zero attached hydrogens (tertiary/aromatic N) is 1. The maximum absolute atomic E-state index is 2.16.